The molecule has 0 saturated carbocycles. The van der Waals surface area contributed by atoms with Gasteiger partial charge in [-0.05, 0) is 55.2 Å². The third-order valence-corrected chi connectivity index (χ3v) is 7.01. The van der Waals surface area contributed by atoms with E-state index in [1.54, 1.807) is 12.1 Å². The summed E-state index contributed by atoms with van der Waals surface area (Å²) >= 11 is 0. The predicted octanol–water partition coefficient (Wildman–Crippen LogP) is 16.5. The molecule has 0 bridgehead atoms. The van der Waals surface area contributed by atoms with Crippen molar-refractivity contribution < 1.29 is 0 Å². The predicted molar refractivity (Wildman–Crippen MR) is 245 cm³/mol. The Bertz CT molecular complexity index is 1650. The molecule has 0 heterocycles. The number of hydrogen-bond donors (Lipinski definition) is 0. The minimum absolute atomic E-state index is 0.160. The molecule has 0 saturated heterocycles. The number of benzene rings is 5. The molecule has 0 N–H and O–H groups in total. The number of fused-ring (bicyclic) bond motifs is 3. The lowest BCUT2D eigenvalue weighted by Crippen LogP contribution is -2.14. The van der Waals surface area contributed by atoms with Crippen LogP contribution in [0.5, 0.6) is 0 Å². The molecule has 1 aliphatic rings. The fourth-order valence-electron chi connectivity index (χ4n) is 4.87. The van der Waals surface area contributed by atoms with Gasteiger partial charge < -0.3 is 0 Å². The first-order valence-corrected chi connectivity index (χ1v) is 19.6. The number of nitrogens with zero attached hydrogens (tertiary/aromatic N) is 2. The minimum Gasteiger partial charge on any atom is -0.199 e. The van der Waals surface area contributed by atoms with Gasteiger partial charge in [-0.15, -0.1) is 0 Å². The molecule has 2 nitrogen and oxygen atoms in total. The second kappa shape index (κ2) is 26.8. The topological polar surface area (TPSA) is 47.6 Å². The number of rotatable bonds is 1. The Kier molecular flexibility index (Phi) is 25.4. The van der Waals surface area contributed by atoms with Crippen molar-refractivity contribution in [2.45, 2.75) is 129 Å². The molecule has 2 heteroatoms. The van der Waals surface area contributed by atoms with Crippen LogP contribution < -0.4 is 0 Å². The second-order valence-corrected chi connectivity index (χ2v) is 17.5. The van der Waals surface area contributed by atoms with E-state index in [2.05, 4.69) is 217 Å². The Labute approximate surface area is 339 Å². The van der Waals surface area contributed by atoms with Crippen molar-refractivity contribution in [2.24, 2.45) is 10.8 Å². The van der Waals surface area contributed by atoms with Crippen molar-refractivity contribution in [1.82, 2.24) is 0 Å². The molecule has 5 aromatic rings. The standard InChI is InChI=1S/C15H14.C12H10.C10H14.2C5H12.2C2H3N.C2H6/c1-15(2)13-9-5-3-7-11(13)12-8-4-6-10-14(12)15;1-3-7-11(8-4-1)12-9-5-2-6-10-12;1-10(2,3)9-7-5-4-6-8-9;2*1-5(2,3)4;2*1-2-3;1-2/h3-10H,1-2H3;1-10H;4-8H,1-3H3;2*1-4H3;2*1H3;1-2H3. The average Bonchev–Trinajstić information content (AvgIpc) is 3.36. The van der Waals surface area contributed by atoms with E-state index in [1.165, 1.54) is 52.8 Å². The van der Waals surface area contributed by atoms with E-state index in [1.807, 2.05) is 26.0 Å². The summed E-state index contributed by atoms with van der Waals surface area (Å²) in [6, 6.07) is 52.3. The van der Waals surface area contributed by atoms with Crippen LogP contribution in [0.3, 0.4) is 0 Å². The fourth-order valence-corrected chi connectivity index (χ4v) is 4.87. The minimum atomic E-state index is 0.160. The first-order chi connectivity index (χ1) is 25.6. The Balaban J connectivity index is 0. The van der Waals surface area contributed by atoms with Gasteiger partial charge in [0.25, 0.3) is 0 Å². The largest absolute Gasteiger partial charge is 0.199 e. The third-order valence-electron chi connectivity index (χ3n) is 7.01. The summed E-state index contributed by atoms with van der Waals surface area (Å²) in [6.45, 7) is 35.6. The fraction of sp³-hybridized carbons (Fsp3) is 0.396. The van der Waals surface area contributed by atoms with E-state index in [9.17, 15) is 0 Å². The molecule has 0 atom stereocenters. The van der Waals surface area contributed by atoms with Crippen molar-refractivity contribution in [1.29, 1.82) is 10.5 Å². The molecule has 0 aliphatic heterocycles. The van der Waals surface area contributed by atoms with Gasteiger partial charge >= 0.3 is 0 Å². The van der Waals surface area contributed by atoms with Crippen LogP contribution in [0.2, 0.25) is 0 Å². The van der Waals surface area contributed by atoms with Gasteiger partial charge in [-0.1, -0.05) is 243 Å². The van der Waals surface area contributed by atoms with Crippen molar-refractivity contribution in [3.05, 3.63) is 156 Å². The van der Waals surface area contributed by atoms with Crippen LogP contribution in [0.15, 0.2) is 140 Å². The number of nitriles is 2. The van der Waals surface area contributed by atoms with Gasteiger partial charge in [-0.25, -0.2) is 0 Å². The summed E-state index contributed by atoms with van der Waals surface area (Å²) < 4.78 is 0. The van der Waals surface area contributed by atoms with Gasteiger partial charge in [0, 0.05) is 19.3 Å². The third kappa shape index (κ3) is 24.2. The van der Waals surface area contributed by atoms with Crippen LogP contribution in [0.1, 0.15) is 134 Å². The maximum Gasteiger partial charge on any atom is 0.0587 e. The van der Waals surface area contributed by atoms with E-state index in [0.717, 1.165) is 0 Å². The SMILES string of the molecule is CC.CC#N.CC#N.CC(C)(C)C.CC(C)(C)C.CC(C)(C)c1ccccc1.CC1(C)c2ccccc2-c2ccccc21.c1ccc(-c2ccccc2)cc1. The molecule has 0 amide bonds. The molecule has 55 heavy (non-hydrogen) atoms. The zero-order valence-corrected chi connectivity index (χ0v) is 37.7. The quantitative estimate of drug-likeness (QED) is 0.172. The van der Waals surface area contributed by atoms with E-state index in [-0.39, 0.29) is 5.41 Å². The summed E-state index contributed by atoms with van der Waals surface area (Å²) in [4.78, 5) is 0. The van der Waals surface area contributed by atoms with Crippen LogP contribution in [0.25, 0.3) is 22.3 Å². The first-order valence-electron chi connectivity index (χ1n) is 19.6. The van der Waals surface area contributed by atoms with Crippen LogP contribution in [0, 0.1) is 33.5 Å². The molecule has 1 aliphatic carbocycles. The Morgan fingerprint density at radius 2 is 0.618 bits per heavy atom. The highest BCUT2D eigenvalue weighted by molar-refractivity contribution is 5.80. The van der Waals surface area contributed by atoms with Gasteiger partial charge in [-0.3, -0.25) is 0 Å². The Hall–Kier alpha value is -4.92. The molecule has 5 aromatic carbocycles. The van der Waals surface area contributed by atoms with Crippen molar-refractivity contribution in [3.63, 3.8) is 0 Å². The maximum absolute atomic E-state index is 7.32. The molecule has 0 spiro atoms. The highest BCUT2D eigenvalue weighted by Gasteiger charge is 2.34. The van der Waals surface area contributed by atoms with Gasteiger partial charge in [0.2, 0.25) is 0 Å². The molecule has 6 rings (SSSR count). The first kappa shape index (κ1) is 52.2. The molecule has 0 fully saturated rings. The lowest BCUT2D eigenvalue weighted by molar-refractivity contribution is 0.469. The summed E-state index contributed by atoms with van der Waals surface area (Å²) in [5.74, 6) is 0. The molecule has 0 aromatic heterocycles. The van der Waals surface area contributed by atoms with Crippen LogP contribution in [-0.2, 0) is 10.8 Å². The highest BCUT2D eigenvalue weighted by atomic mass is 14.4. The van der Waals surface area contributed by atoms with Crippen molar-refractivity contribution in [3.8, 4) is 34.4 Å². The summed E-state index contributed by atoms with van der Waals surface area (Å²) in [7, 11) is 0. The number of hydrogen-bond acceptors (Lipinski definition) is 2. The normalized spacial score (nSPS) is 11.1. The van der Waals surface area contributed by atoms with Crippen LogP contribution in [-0.4, -0.2) is 0 Å². The summed E-state index contributed by atoms with van der Waals surface area (Å²) in [5.41, 5.74) is 11.1. The van der Waals surface area contributed by atoms with Crippen molar-refractivity contribution >= 4 is 0 Å². The smallest absolute Gasteiger partial charge is 0.0587 e. The summed E-state index contributed by atoms with van der Waals surface area (Å²) in [5, 5.41) is 14.6. The molecule has 0 unspecified atom stereocenters. The van der Waals surface area contributed by atoms with Gasteiger partial charge in [0.1, 0.15) is 0 Å². The van der Waals surface area contributed by atoms with Crippen molar-refractivity contribution in [2.75, 3.05) is 0 Å². The molecular formula is C53H74N2. The summed E-state index contributed by atoms with van der Waals surface area (Å²) in [6.07, 6.45) is 0. The monoisotopic (exact) mass is 739 g/mol. The zero-order chi connectivity index (χ0) is 42.7. The molecule has 296 valence electrons. The van der Waals surface area contributed by atoms with E-state index < -0.39 is 0 Å². The second-order valence-electron chi connectivity index (χ2n) is 17.5. The Morgan fingerprint density at radius 1 is 0.400 bits per heavy atom. The van der Waals surface area contributed by atoms with Gasteiger partial charge in [-0.2, -0.15) is 10.5 Å². The lowest BCUT2D eigenvalue weighted by atomic mass is 9.82. The molecular weight excluding hydrogens is 665 g/mol. The van der Waals surface area contributed by atoms with Gasteiger partial charge in [0.05, 0.1) is 12.1 Å². The van der Waals surface area contributed by atoms with Crippen LogP contribution >= 0.6 is 0 Å². The maximum atomic E-state index is 7.32. The highest BCUT2D eigenvalue weighted by Crippen LogP contribution is 2.48. The van der Waals surface area contributed by atoms with E-state index in [0.29, 0.717) is 16.2 Å². The Morgan fingerprint density at radius 3 is 0.855 bits per heavy atom. The lowest BCUT2D eigenvalue weighted by Gasteiger charge is -2.20. The molecule has 0 radical (unpaired) electrons. The van der Waals surface area contributed by atoms with E-state index >= 15 is 0 Å². The van der Waals surface area contributed by atoms with E-state index in [4.69, 9.17) is 10.5 Å². The zero-order valence-electron chi connectivity index (χ0n) is 37.7. The van der Waals surface area contributed by atoms with Gasteiger partial charge in [0.15, 0.2) is 0 Å². The van der Waals surface area contributed by atoms with Crippen LogP contribution in [0.4, 0.5) is 0 Å². The average molecular weight is 739 g/mol.